The quantitative estimate of drug-likeness (QED) is 0.679. The van der Waals surface area contributed by atoms with Gasteiger partial charge in [0.05, 0.1) is 6.42 Å². The molecule has 2 N–H and O–H groups in total. The zero-order chi connectivity index (χ0) is 17.4. The Labute approximate surface area is 138 Å². The largest absolute Gasteiger partial charge is 0.481 e. The van der Waals surface area contributed by atoms with E-state index in [1.165, 1.54) is 0 Å². The van der Waals surface area contributed by atoms with Crippen molar-refractivity contribution in [2.75, 3.05) is 13.1 Å². The lowest BCUT2D eigenvalue weighted by Crippen LogP contribution is -2.42. The van der Waals surface area contributed by atoms with Crippen LogP contribution < -0.4 is 5.32 Å². The van der Waals surface area contributed by atoms with Crippen LogP contribution in [0.2, 0.25) is 0 Å². The van der Waals surface area contributed by atoms with Crippen molar-refractivity contribution >= 4 is 17.8 Å². The molecule has 0 aromatic carbocycles. The highest BCUT2D eigenvalue weighted by Crippen LogP contribution is 2.24. The van der Waals surface area contributed by atoms with E-state index in [4.69, 9.17) is 5.11 Å². The number of carbonyl (C=O) groups excluding carboxylic acids is 2. The second kappa shape index (κ2) is 9.53. The van der Waals surface area contributed by atoms with Crippen LogP contribution in [-0.2, 0) is 14.4 Å². The third kappa shape index (κ3) is 7.48. The van der Waals surface area contributed by atoms with Gasteiger partial charge in [0.2, 0.25) is 11.8 Å². The van der Waals surface area contributed by atoms with Crippen molar-refractivity contribution in [3.05, 3.63) is 0 Å². The topological polar surface area (TPSA) is 86.7 Å². The fraction of sp³-hybridized carbons (Fsp3) is 0.824. The summed E-state index contributed by atoms with van der Waals surface area (Å²) < 4.78 is 0. The first-order valence-corrected chi connectivity index (χ1v) is 8.59. The van der Waals surface area contributed by atoms with Gasteiger partial charge in [-0.3, -0.25) is 14.4 Å². The zero-order valence-electron chi connectivity index (χ0n) is 14.5. The number of nitrogens with zero attached hydrogens (tertiary/aromatic N) is 1. The van der Waals surface area contributed by atoms with Crippen molar-refractivity contribution in [1.82, 2.24) is 10.2 Å². The van der Waals surface area contributed by atoms with Crippen LogP contribution in [0, 0.1) is 11.8 Å². The van der Waals surface area contributed by atoms with Gasteiger partial charge in [-0.25, -0.2) is 0 Å². The van der Waals surface area contributed by atoms with Crippen molar-refractivity contribution in [3.8, 4) is 0 Å². The minimum Gasteiger partial charge on any atom is -0.481 e. The predicted octanol–water partition coefficient (Wildman–Crippen LogP) is 2.03. The molecule has 0 bridgehead atoms. The Morgan fingerprint density at radius 2 is 1.78 bits per heavy atom. The minimum absolute atomic E-state index is 0.0451. The summed E-state index contributed by atoms with van der Waals surface area (Å²) in [4.78, 5) is 36.8. The molecule has 23 heavy (non-hydrogen) atoms. The summed E-state index contributed by atoms with van der Waals surface area (Å²) in [6, 6.07) is -0.227. The molecule has 1 aliphatic rings. The minimum atomic E-state index is -0.908. The highest BCUT2D eigenvalue weighted by Gasteiger charge is 2.25. The Balaban J connectivity index is 2.47. The Bertz CT molecular complexity index is 417. The van der Waals surface area contributed by atoms with E-state index in [1.807, 2.05) is 20.8 Å². The van der Waals surface area contributed by atoms with Crippen molar-refractivity contribution in [2.45, 2.75) is 65.3 Å². The van der Waals surface area contributed by atoms with Gasteiger partial charge < -0.3 is 15.3 Å². The SMILES string of the molecule is CC(C)CN(CCC(=O)O)C(=O)CC(C)NC(=O)C1CCCC1. The van der Waals surface area contributed by atoms with Crippen LogP contribution in [-0.4, -0.2) is 46.9 Å². The van der Waals surface area contributed by atoms with Crippen LogP contribution in [0.1, 0.15) is 59.3 Å². The maximum Gasteiger partial charge on any atom is 0.305 e. The van der Waals surface area contributed by atoms with E-state index in [1.54, 1.807) is 4.90 Å². The second-order valence-electron chi connectivity index (χ2n) is 6.97. The van der Waals surface area contributed by atoms with Crippen LogP contribution in [0.25, 0.3) is 0 Å². The molecule has 1 aliphatic carbocycles. The summed E-state index contributed by atoms with van der Waals surface area (Å²) in [6.07, 6.45) is 4.23. The number of hydrogen-bond acceptors (Lipinski definition) is 3. The Morgan fingerprint density at radius 3 is 2.30 bits per heavy atom. The van der Waals surface area contributed by atoms with Gasteiger partial charge in [0.1, 0.15) is 0 Å². The molecular formula is C17H30N2O4. The van der Waals surface area contributed by atoms with Crippen LogP contribution in [0.3, 0.4) is 0 Å². The lowest BCUT2D eigenvalue weighted by atomic mass is 10.1. The zero-order valence-corrected chi connectivity index (χ0v) is 14.5. The van der Waals surface area contributed by atoms with Gasteiger partial charge in [0.25, 0.3) is 0 Å². The van der Waals surface area contributed by atoms with Gasteiger partial charge in [-0.05, 0) is 25.7 Å². The highest BCUT2D eigenvalue weighted by molar-refractivity contribution is 5.81. The number of aliphatic carboxylic acids is 1. The molecular weight excluding hydrogens is 296 g/mol. The van der Waals surface area contributed by atoms with E-state index in [0.29, 0.717) is 6.54 Å². The first kappa shape index (κ1) is 19.5. The van der Waals surface area contributed by atoms with E-state index in [9.17, 15) is 14.4 Å². The van der Waals surface area contributed by atoms with E-state index < -0.39 is 5.97 Å². The van der Waals surface area contributed by atoms with Crippen LogP contribution in [0.15, 0.2) is 0 Å². The molecule has 0 heterocycles. The van der Waals surface area contributed by atoms with Crippen molar-refractivity contribution < 1.29 is 19.5 Å². The lowest BCUT2D eigenvalue weighted by molar-refractivity contribution is -0.138. The summed E-state index contributed by atoms with van der Waals surface area (Å²) in [7, 11) is 0. The summed E-state index contributed by atoms with van der Waals surface area (Å²) in [6.45, 7) is 6.57. The summed E-state index contributed by atoms with van der Waals surface area (Å²) in [5, 5.41) is 11.7. The molecule has 0 aliphatic heterocycles. The highest BCUT2D eigenvalue weighted by atomic mass is 16.4. The average Bonchev–Trinajstić information content (AvgIpc) is 2.96. The second-order valence-corrected chi connectivity index (χ2v) is 6.97. The number of rotatable bonds is 9. The summed E-state index contributed by atoms with van der Waals surface area (Å²) in [5.74, 6) is -0.598. The number of carboxylic acid groups (broad SMARTS) is 1. The lowest BCUT2D eigenvalue weighted by Gasteiger charge is -2.26. The number of amides is 2. The Kier molecular flexibility index (Phi) is 8.06. The van der Waals surface area contributed by atoms with E-state index >= 15 is 0 Å². The molecule has 1 rings (SSSR count). The van der Waals surface area contributed by atoms with E-state index in [2.05, 4.69) is 5.32 Å². The molecule has 132 valence electrons. The maximum atomic E-state index is 12.4. The van der Waals surface area contributed by atoms with Gasteiger partial charge in [-0.15, -0.1) is 0 Å². The van der Waals surface area contributed by atoms with Gasteiger partial charge in [-0.1, -0.05) is 26.7 Å². The monoisotopic (exact) mass is 326 g/mol. The molecule has 1 fully saturated rings. The molecule has 0 spiro atoms. The summed E-state index contributed by atoms with van der Waals surface area (Å²) >= 11 is 0. The van der Waals surface area contributed by atoms with Crippen molar-refractivity contribution in [3.63, 3.8) is 0 Å². The third-order valence-corrected chi connectivity index (χ3v) is 4.13. The molecule has 1 atom stereocenters. The number of carbonyl (C=O) groups is 3. The van der Waals surface area contributed by atoms with Gasteiger partial charge >= 0.3 is 5.97 Å². The molecule has 0 aromatic heterocycles. The first-order chi connectivity index (χ1) is 10.8. The summed E-state index contributed by atoms with van der Waals surface area (Å²) in [5.41, 5.74) is 0. The van der Waals surface area contributed by atoms with E-state index in [0.717, 1.165) is 25.7 Å². The third-order valence-electron chi connectivity index (χ3n) is 4.13. The average molecular weight is 326 g/mol. The smallest absolute Gasteiger partial charge is 0.305 e. The number of hydrogen-bond donors (Lipinski definition) is 2. The molecule has 0 saturated heterocycles. The molecule has 1 saturated carbocycles. The fourth-order valence-corrected chi connectivity index (χ4v) is 2.98. The molecule has 1 unspecified atom stereocenters. The Morgan fingerprint density at radius 1 is 1.17 bits per heavy atom. The van der Waals surface area contributed by atoms with E-state index in [-0.39, 0.29) is 49.1 Å². The number of carboxylic acids is 1. The first-order valence-electron chi connectivity index (χ1n) is 8.59. The molecule has 6 heteroatoms. The van der Waals surface area contributed by atoms with Gasteiger partial charge in [0.15, 0.2) is 0 Å². The predicted molar refractivity (Wildman–Crippen MR) is 87.9 cm³/mol. The van der Waals surface area contributed by atoms with Crippen LogP contribution >= 0.6 is 0 Å². The standard InChI is InChI=1S/C17H30N2O4/c1-12(2)11-19(9-8-16(21)22)15(20)10-13(3)18-17(23)14-6-4-5-7-14/h12-14H,4-11H2,1-3H3,(H,18,23)(H,21,22). The van der Waals surface area contributed by atoms with Gasteiger partial charge in [-0.2, -0.15) is 0 Å². The molecule has 0 aromatic rings. The van der Waals surface area contributed by atoms with Crippen LogP contribution in [0.5, 0.6) is 0 Å². The molecule has 6 nitrogen and oxygen atoms in total. The van der Waals surface area contributed by atoms with Crippen LogP contribution in [0.4, 0.5) is 0 Å². The molecule has 2 amide bonds. The van der Waals surface area contributed by atoms with Crippen molar-refractivity contribution in [1.29, 1.82) is 0 Å². The van der Waals surface area contributed by atoms with Crippen molar-refractivity contribution in [2.24, 2.45) is 11.8 Å². The fourth-order valence-electron chi connectivity index (χ4n) is 2.98. The Hall–Kier alpha value is -1.59. The molecule has 0 radical (unpaired) electrons. The normalized spacial score (nSPS) is 16.3. The number of nitrogens with one attached hydrogen (secondary N) is 1. The van der Waals surface area contributed by atoms with Gasteiger partial charge in [0, 0.05) is 31.5 Å². The maximum absolute atomic E-state index is 12.4.